The molecule has 3 N–H and O–H groups in total. The lowest BCUT2D eigenvalue weighted by atomic mass is 10.2. The molecular formula is C9H9NO6S. The summed E-state index contributed by atoms with van der Waals surface area (Å²) in [5, 5.41) is 13.9. The fraction of sp³-hybridized carbons (Fsp3) is 0.222. The highest BCUT2D eigenvalue weighted by Gasteiger charge is 2.24. The summed E-state index contributed by atoms with van der Waals surface area (Å²) in [6, 6.07) is 2.10. The summed E-state index contributed by atoms with van der Waals surface area (Å²) in [4.78, 5) is 10.7. The Kier molecular flexibility index (Phi) is 2.68. The zero-order chi connectivity index (χ0) is 12.6. The highest BCUT2D eigenvalue weighted by atomic mass is 32.2. The van der Waals surface area contributed by atoms with Crippen molar-refractivity contribution in [2.75, 3.05) is 13.2 Å². The minimum Gasteiger partial charge on any atom is -0.486 e. The maximum absolute atomic E-state index is 11.2. The molecule has 0 spiro atoms. The molecule has 1 heterocycles. The lowest BCUT2D eigenvalue weighted by molar-refractivity contribution is 0.0685. The lowest BCUT2D eigenvalue weighted by Crippen LogP contribution is -2.20. The quantitative estimate of drug-likeness (QED) is 0.760. The van der Waals surface area contributed by atoms with E-state index in [2.05, 4.69) is 0 Å². The SMILES string of the molecule is NS(=O)(=O)c1cc2c(c(C(=O)O)c1)OCCO2. The summed E-state index contributed by atoms with van der Waals surface area (Å²) in [5.41, 5.74) is -0.286. The monoisotopic (exact) mass is 259 g/mol. The first-order chi connectivity index (χ1) is 7.89. The van der Waals surface area contributed by atoms with Crippen LogP contribution in [0, 0.1) is 0 Å². The smallest absolute Gasteiger partial charge is 0.339 e. The van der Waals surface area contributed by atoms with E-state index in [1.54, 1.807) is 0 Å². The van der Waals surface area contributed by atoms with Crippen molar-refractivity contribution in [2.24, 2.45) is 5.14 Å². The Morgan fingerprint density at radius 3 is 2.53 bits per heavy atom. The molecule has 0 atom stereocenters. The summed E-state index contributed by atoms with van der Waals surface area (Å²) in [5.74, 6) is -1.21. The van der Waals surface area contributed by atoms with Crippen LogP contribution in [0.15, 0.2) is 17.0 Å². The first kappa shape index (κ1) is 11.7. The van der Waals surface area contributed by atoms with E-state index in [-0.39, 0.29) is 35.2 Å². The molecule has 0 aromatic heterocycles. The van der Waals surface area contributed by atoms with E-state index in [9.17, 15) is 13.2 Å². The molecule has 2 rings (SSSR count). The van der Waals surface area contributed by atoms with Crippen LogP contribution in [0.2, 0.25) is 0 Å². The molecule has 1 aromatic carbocycles. The number of carboxylic acids is 1. The van der Waals surface area contributed by atoms with Crippen molar-refractivity contribution < 1.29 is 27.8 Å². The van der Waals surface area contributed by atoms with Crippen LogP contribution in [-0.4, -0.2) is 32.7 Å². The van der Waals surface area contributed by atoms with Crippen molar-refractivity contribution in [2.45, 2.75) is 4.90 Å². The number of sulfonamides is 1. The third-order valence-electron chi connectivity index (χ3n) is 2.17. The topological polar surface area (TPSA) is 116 Å². The Bertz CT molecular complexity index is 579. The summed E-state index contributed by atoms with van der Waals surface area (Å²) in [6.07, 6.45) is 0. The van der Waals surface area contributed by atoms with Crippen LogP contribution in [0.4, 0.5) is 0 Å². The van der Waals surface area contributed by atoms with Crippen LogP contribution in [0.1, 0.15) is 10.4 Å². The van der Waals surface area contributed by atoms with Crippen molar-refractivity contribution in [3.63, 3.8) is 0 Å². The molecule has 1 aliphatic rings. The standard InChI is InChI=1S/C9H9NO6S/c10-17(13,14)5-3-6(9(11)12)8-7(4-5)15-1-2-16-8/h3-4H,1-2H2,(H,11,12)(H2,10,13,14). The zero-order valence-corrected chi connectivity index (χ0v) is 9.36. The van der Waals surface area contributed by atoms with Crippen LogP contribution in [0.5, 0.6) is 11.5 Å². The van der Waals surface area contributed by atoms with E-state index in [0.717, 1.165) is 12.1 Å². The second-order valence-corrected chi connectivity index (χ2v) is 4.91. The average molecular weight is 259 g/mol. The molecule has 0 radical (unpaired) electrons. The first-order valence-corrected chi connectivity index (χ1v) is 6.14. The normalized spacial score (nSPS) is 14.4. The number of hydrogen-bond donors (Lipinski definition) is 2. The van der Waals surface area contributed by atoms with Crippen LogP contribution in [0.25, 0.3) is 0 Å². The van der Waals surface area contributed by atoms with Gasteiger partial charge in [-0.2, -0.15) is 0 Å². The number of carboxylic acid groups (broad SMARTS) is 1. The molecule has 1 aliphatic heterocycles. The van der Waals surface area contributed by atoms with Crippen LogP contribution in [-0.2, 0) is 10.0 Å². The predicted molar refractivity (Wildman–Crippen MR) is 55.8 cm³/mol. The predicted octanol–water partition coefficient (Wildman–Crippen LogP) is -0.197. The maximum atomic E-state index is 11.2. The third kappa shape index (κ3) is 2.17. The Morgan fingerprint density at radius 1 is 1.29 bits per heavy atom. The van der Waals surface area contributed by atoms with Crippen LogP contribution >= 0.6 is 0 Å². The van der Waals surface area contributed by atoms with Crippen molar-refractivity contribution in [3.8, 4) is 11.5 Å². The van der Waals surface area contributed by atoms with Gasteiger partial charge in [-0.25, -0.2) is 18.4 Å². The zero-order valence-electron chi connectivity index (χ0n) is 8.54. The number of carbonyl (C=O) groups is 1. The van der Waals surface area contributed by atoms with E-state index < -0.39 is 16.0 Å². The molecule has 0 aliphatic carbocycles. The average Bonchev–Trinajstić information content (AvgIpc) is 2.26. The van der Waals surface area contributed by atoms with Gasteiger partial charge in [0.15, 0.2) is 11.5 Å². The minimum absolute atomic E-state index is 0.0242. The van der Waals surface area contributed by atoms with Crippen molar-refractivity contribution >= 4 is 16.0 Å². The molecule has 8 heteroatoms. The van der Waals surface area contributed by atoms with E-state index in [0.29, 0.717) is 0 Å². The van der Waals surface area contributed by atoms with Gasteiger partial charge < -0.3 is 14.6 Å². The highest BCUT2D eigenvalue weighted by Crippen LogP contribution is 2.36. The minimum atomic E-state index is -3.99. The fourth-order valence-electron chi connectivity index (χ4n) is 1.45. The van der Waals surface area contributed by atoms with Gasteiger partial charge in [0.25, 0.3) is 0 Å². The van der Waals surface area contributed by atoms with Gasteiger partial charge in [-0.1, -0.05) is 0 Å². The number of nitrogens with two attached hydrogens (primary N) is 1. The number of primary sulfonamides is 1. The summed E-state index contributed by atoms with van der Waals surface area (Å²) >= 11 is 0. The van der Waals surface area contributed by atoms with Crippen molar-refractivity contribution in [1.82, 2.24) is 0 Å². The summed E-state index contributed by atoms with van der Waals surface area (Å²) in [7, 11) is -3.99. The molecule has 92 valence electrons. The summed E-state index contributed by atoms with van der Waals surface area (Å²) in [6.45, 7) is 0.433. The number of aromatic carboxylic acids is 1. The van der Waals surface area contributed by atoms with Gasteiger partial charge in [-0.15, -0.1) is 0 Å². The van der Waals surface area contributed by atoms with Gasteiger partial charge in [0.2, 0.25) is 10.0 Å². The second kappa shape index (κ2) is 3.90. The van der Waals surface area contributed by atoms with Gasteiger partial charge in [0.05, 0.1) is 4.90 Å². The second-order valence-electron chi connectivity index (χ2n) is 3.35. The van der Waals surface area contributed by atoms with E-state index in [4.69, 9.17) is 19.7 Å². The Morgan fingerprint density at radius 2 is 1.94 bits per heavy atom. The van der Waals surface area contributed by atoms with Gasteiger partial charge in [-0.05, 0) is 6.07 Å². The highest BCUT2D eigenvalue weighted by molar-refractivity contribution is 7.89. The van der Waals surface area contributed by atoms with Crippen molar-refractivity contribution in [1.29, 1.82) is 0 Å². The van der Waals surface area contributed by atoms with E-state index >= 15 is 0 Å². The molecule has 1 aromatic rings. The molecular weight excluding hydrogens is 250 g/mol. The van der Waals surface area contributed by atoms with Gasteiger partial charge >= 0.3 is 5.97 Å². The molecule has 17 heavy (non-hydrogen) atoms. The number of benzene rings is 1. The van der Waals surface area contributed by atoms with E-state index in [1.807, 2.05) is 0 Å². The number of rotatable bonds is 2. The summed E-state index contributed by atoms with van der Waals surface area (Å²) < 4.78 is 32.6. The third-order valence-corrected chi connectivity index (χ3v) is 3.07. The molecule has 0 saturated carbocycles. The van der Waals surface area contributed by atoms with Gasteiger partial charge in [0.1, 0.15) is 18.8 Å². The van der Waals surface area contributed by atoms with Gasteiger partial charge in [-0.3, -0.25) is 0 Å². The van der Waals surface area contributed by atoms with E-state index in [1.165, 1.54) is 0 Å². The molecule has 0 amide bonds. The van der Waals surface area contributed by atoms with Crippen LogP contribution < -0.4 is 14.6 Å². The molecule has 0 bridgehead atoms. The molecule has 0 fully saturated rings. The molecule has 0 unspecified atom stereocenters. The van der Waals surface area contributed by atoms with Crippen molar-refractivity contribution in [3.05, 3.63) is 17.7 Å². The Balaban J connectivity index is 2.69. The maximum Gasteiger partial charge on any atom is 0.339 e. The van der Waals surface area contributed by atoms with Gasteiger partial charge in [0, 0.05) is 6.07 Å². The number of ether oxygens (including phenoxy) is 2. The number of hydrogen-bond acceptors (Lipinski definition) is 5. The fourth-order valence-corrected chi connectivity index (χ4v) is 2.00. The van der Waals surface area contributed by atoms with Crippen LogP contribution in [0.3, 0.4) is 0 Å². The number of fused-ring (bicyclic) bond motifs is 1. The lowest BCUT2D eigenvalue weighted by Gasteiger charge is -2.20. The molecule has 7 nitrogen and oxygen atoms in total. The first-order valence-electron chi connectivity index (χ1n) is 4.59. The largest absolute Gasteiger partial charge is 0.486 e. The Hall–Kier alpha value is -1.80. The molecule has 0 saturated heterocycles. The Labute approximate surface area is 96.8 Å².